The van der Waals surface area contributed by atoms with Crippen LogP contribution < -0.4 is 5.32 Å². The molecule has 2 rings (SSSR count). The molecule has 4 nitrogen and oxygen atoms in total. The van der Waals surface area contributed by atoms with E-state index in [1.807, 2.05) is 25.1 Å². The van der Waals surface area contributed by atoms with Gasteiger partial charge < -0.3 is 15.2 Å². The lowest BCUT2D eigenvalue weighted by atomic mass is 9.69. The minimum absolute atomic E-state index is 0.213. The van der Waals surface area contributed by atoms with Gasteiger partial charge in [0, 0.05) is 6.54 Å². The van der Waals surface area contributed by atoms with Gasteiger partial charge in [-0.2, -0.15) is 0 Å². The van der Waals surface area contributed by atoms with Crippen LogP contribution in [-0.4, -0.2) is 30.3 Å². The summed E-state index contributed by atoms with van der Waals surface area (Å²) in [4.78, 5) is 12.4. The Bertz CT molecular complexity index is 477. The summed E-state index contributed by atoms with van der Waals surface area (Å²) in [6.45, 7) is 3.86. The van der Waals surface area contributed by atoms with Crippen molar-refractivity contribution in [2.45, 2.75) is 58.1 Å². The van der Waals surface area contributed by atoms with Crippen LogP contribution in [0.15, 0.2) is 30.3 Å². The number of benzene rings is 1. The third-order valence-electron chi connectivity index (χ3n) is 4.82. The van der Waals surface area contributed by atoms with E-state index in [9.17, 15) is 9.90 Å². The summed E-state index contributed by atoms with van der Waals surface area (Å²) in [6, 6.07) is 10.3. The Morgan fingerprint density at radius 3 is 2.83 bits per heavy atom. The van der Waals surface area contributed by atoms with E-state index in [1.54, 1.807) is 0 Å². The third-order valence-corrected chi connectivity index (χ3v) is 4.82. The molecule has 1 aliphatic carbocycles. The van der Waals surface area contributed by atoms with Crippen molar-refractivity contribution in [2.24, 2.45) is 5.41 Å². The van der Waals surface area contributed by atoms with E-state index in [2.05, 4.69) is 17.4 Å². The van der Waals surface area contributed by atoms with Gasteiger partial charge in [-0.25, -0.2) is 0 Å². The van der Waals surface area contributed by atoms with Gasteiger partial charge in [0.05, 0.1) is 18.1 Å². The number of esters is 1. The van der Waals surface area contributed by atoms with Crippen LogP contribution in [-0.2, 0) is 16.1 Å². The van der Waals surface area contributed by atoms with E-state index in [0.717, 1.165) is 38.8 Å². The Kier molecular flexibility index (Phi) is 7.06. The van der Waals surface area contributed by atoms with Crippen LogP contribution in [0.4, 0.5) is 0 Å². The lowest BCUT2D eigenvalue weighted by Crippen LogP contribution is -2.46. The zero-order chi connectivity index (χ0) is 16.5. The minimum atomic E-state index is -0.692. The first-order valence-corrected chi connectivity index (χ1v) is 8.79. The minimum Gasteiger partial charge on any atom is -0.465 e. The SMILES string of the molecule is CCOC(=O)[C@@]1(CCCNCc2ccccc2)CCCC[C@@H]1O. The number of hydrogen-bond donors (Lipinski definition) is 2. The number of nitrogens with one attached hydrogen (secondary N) is 1. The molecule has 0 radical (unpaired) electrons. The molecule has 0 amide bonds. The predicted molar refractivity (Wildman–Crippen MR) is 90.9 cm³/mol. The van der Waals surface area contributed by atoms with E-state index in [-0.39, 0.29) is 5.97 Å². The predicted octanol–water partition coefficient (Wildman–Crippen LogP) is 3.04. The fraction of sp³-hybridized carbons (Fsp3) is 0.632. The van der Waals surface area contributed by atoms with Crippen molar-refractivity contribution >= 4 is 5.97 Å². The van der Waals surface area contributed by atoms with Crippen molar-refractivity contribution < 1.29 is 14.6 Å². The largest absolute Gasteiger partial charge is 0.465 e. The van der Waals surface area contributed by atoms with E-state index in [1.165, 1.54) is 5.56 Å². The molecule has 1 aromatic rings. The second-order valence-electron chi connectivity index (χ2n) is 6.40. The molecule has 1 aromatic carbocycles. The molecule has 23 heavy (non-hydrogen) atoms. The highest BCUT2D eigenvalue weighted by atomic mass is 16.5. The van der Waals surface area contributed by atoms with E-state index >= 15 is 0 Å². The number of rotatable bonds is 8. The lowest BCUT2D eigenvalue weighted by Gasteiger charge is -2.39. The highest BCUT2D eigenvalue weighted by molar-refractivity contribution is 5.77. The van der Waals surface area contributed by atoms with E-state index < -0.39 is 11.5 Å². The Balaban J connectivity index is 1.82. The molecule has 0 bridgehead atoms. The van der Waals surface area contributed by atoms with Gasteiger partial charge in [-0.15, -0.1) is 0 Å². The lowest BCUT2D eigenvalue weighted by molar-refractivity contribution is -0.167. The molecular weight excluding hydrogens is 290 g/mol. The maximum atomic E-state index is 12.4. The number of aliphatic hydroxyl groups is 1. The molecule has 0 heterocycles. The third kappa shape index (κ3) is 4.79. The summed E-state index contributed by atoms with van der Waals surface area (Å²) < 4.78 is 5.26. The first-order chi connectivity index (χ1) is 11.2. The summed E-state index contributed by atoms with van der Waals surface area (Å²) in [5.74, 6) is -0.213. The van der Waals surface area contributed by atoms with Gasteiger partial charge in [-0.1, -0.05) is 43.2 Å². The van der Waals surface area contributed by atoms with Crippen LogP contribution >= 0.6 is 0 Å². The van der Waals surface area contributed by atoms with Gasteiger partial charge in [0.2, 0.25) is 0 Å². The molecule has 0 aromatic heterocycles. The number of hydrogen-bond acceptors (Lipinski definition) is 4. The second-order valence-corrected chi connectivity index (χ2v) is 6.40. The summed E-state index contributed by atoms with van der Waals surface area (Å²) >= 11 is 0. The number of carbonyl (C=O) groups excluding carboxylic acids is 1. The zero-order valence-corrected chi connectivity index (χ0v) is 14.1. The van der Waals surface area contributed by atoms with Gasteiger partial charge in [0.15, 0.2) is 0 Å². The smallest absolute Gasteiger partial charge is 0.314 e. The van der Waals surface area contributed by atoms with Crippen LogP contribution in [0.3, 0.4) is 0 Å². The molecule has 0 saturated heterocycles. The standard InChI is InChI=1S/C19H29NO3/c1-2-23-18(22)19(12-7-6-11-17(19)21)13-8-14-20-15-16-9-4-3-5-10-16/h3-5,9-10,17,20-21H,2,6-8,11-15H2,1H3/t17-,19+/m0/s1. The highest BCUT2D eigenvalue weighted by Gasteiger charge is 2.47. The Morgan fingerprint density at radius 2 is 2.13 bits per heavy atom. The average molecular weight is 319 g/mol. The molecule has 4 heteroatoms. The Hall–Kier alpha value is -1.39. The molecule has 2 atom stereocenters. The van der Waals surface area contributed by atoms with Crippen LogP contribution in [0, 0.1) is 5.41 Å². The Labute approximate surface area is 139 Å². The first-order valence-electron chi connectivity index (χ1n) is 8.79. The molecule has 0 unspecified atom stereocenters. The monoisotopic (exact) mass is 319 g/mol. The molecule has 1 fully saturated rings. The summed E-state index contributed by atoms with van der Waals surface area (Å²) in [6.07, 6.45) is 4.42. The quantitative estimate of drug-likeness (QED) is 0.571. The van der Waals surface area contributed by atoms with Crippen LogP contribution in [0.25, 0.3) is 0 Å². The number of aliphatic hydroxyl groups excluding tert-OH is 1. The van der Waals surface area contributed by atoms with Gasteiger partial charge in [-0.3, -0.25) is 4.79 Å². The molecule has 2 N–H and O–H groups in total. The Morgan fingerprint density at radius 1 is 1.35 bits per heavy atom. The van der Waals surface area contributed by atoms with Gasteiger partial charge in [0.25, 0.3) is 0 Å². The fourth-order valence-electron chi connectivity index (χ4n) is 3.49. The van der Waals surface area contributed by atoms with E-state index in [0.29, 0.717) is 19.4 Å². The summed E-state index contributed by atoms with van der Waals surface area (Å²) in [5.41, 5.74) is 0.563. The number of ether oxygens (including phenoxy) is 1. The van der Waals surface area contributed by atoms with Crippen LogP contribution in [0.5, 0.6) is 0 Å². The maximum absolute atomic E-state index is 12.4. The average Bonchev–Trinajstić information content (AvgIpc) is 2.57. The van der Waals surface area contributed by atoms with Crippen LogP contribution in [0.1, 0.15) is 51.0 Å². The van der Waals surface area contributed by atoms with Crippen molar-refractivity contribution in [1.82, 2.24) is 5.32 Å². The highest BCUT2D eigenvalue weighted by Crippen LogP contribution is 2.41. The molecule has 128 valence electrons. The van der Waals surface area contributed by atoms with E-state index in [4.69, 9.17) is 4.74 Å². The van der Waals surface area contributed by atoms with Crippen molar-refractivity contribution in [3.63, 3.8) is 0 Å². The first kappa shape index (κ1) is 18.0. The topological polar surface area (TPSA) is 58.6 Å². The van der Waals surface area contributed by atoms with Crippen molar-refractivity contribution in [3.8, 4) is 0 Å². The van der Waals surface area contributed by atoms with Gasteiger partial charge in [0.1, 0.15) is 0 Å². The molecule has 1 aliphatic rings. The normalized spacial score (nSPS) is 24.3. The molecular formula is C19H29NO3. The van der Waals surface area contributed by atoms with Crippen LogP contribution in [0.2, 0.25) is 0 Å². The summed E-state index contributed by atoms with van der Waals surface area (Å²) in [5, 5.41) is 13.8. The van der Waals surface area contributed by atoms with Crippen molar-refractivity contribution in [1.29, 1.82) is 0 Å². The summed E-state index contributed by atoms with van der Waals surface area (Å²) in [7, 11) is 0. The zero-order valence-electron chi connectivity index (χ0n) is 14.1. The number of carbonyl (C=O) groups is 1. The van der Waals surface area contributed by atoms with Crippen molar-refractivity contribution in [2.75, 3.05) is 13.2 Å². The molecule has 0 aliphatic heterocycles. The van der Waals surface area contributed by atoms with Gasteiger partial charge in [-0.05, 0) is 44.7 Å². The van der Waals surface area contributed by atoms with Crippen molar-refractivity contribution in [3.05, 3.63) is 35.9 Å². The second kappa shape index (κ2) is 9.04. The fourth-order valence-corrected chi connectivity index (χ4v) is 3.49. The molecule has 1 saturated carbocycles. The van der Waals surface area contributed by atoms with Gasteiger partial charge >= 0.3 is 5.97 Å². The maximum Gasteiger partial charge on any atom is 0.314 e. The molecule has 0 spiro atoms.